The molecule has 148 valence electrons. The first-order valence-electron chi connectivity index (χ1n) is 8.84. The highest BCUT2D eigenvalue weighted by atomic mass is 32.2. The molecule has 0 atom stereocenters. The van der Waals surface area contributed by atoms with Crippen LogP contribution in [0.15, 0.2) is 50.9 Å². The standard InChI is InChI=1S/C18H24N2O4S3/c1-19(2)26(21,22)17-9-6-10-18(13-17)27(23,24)20(16-11-12-25-14-16)15-7-4-3-5-8-15/h6,9-15H,3-5,7-8H2,1-2H3. The normalized spacial score (nSPS) is 16.6. The molecule has 1 heterocycles. The number of anilines is 1. The first kappa shape index (κ1) is 20.3. The molecule has 1 fully saturated rings. The molecule has 3 rings (SSSR count). The van der Waals surface area contributed by atoms with Gasteiger partial charge in [-0.15, -0.1) is 0 Å². The molecule has 0 aliphatic heterocycles. The van der Waals surface area contributed by atoms with Crippen molar-refractivity contribution in [3.8, 4) is 0 Å². The fourth-order valence-electron chi connectivity index (χ4n) is 3.36. The maximum Gasteiger partial charge on any atom is 0.264 e. The molecule has 0 amide bonds. The van der Waals surface area contributed by atoms with Crippen LogP contribution in [-0.4, -0.2) is 41.3 Å². The summed E-state index contributed by atoms with van der Waals surface area (Å²) in [5.74, 6) is 0. The summed E-state index contributed by atoms with van der Waals surface area (Å²) >= 11 is 1.45. The van der Waals surface area contributed by atoms with Crippen LogP contribution in [0.2, 0.25) is 0 Å². The summed E-state index contributed by atoms with van der Waals surface area (Å²) in [6, 6.07) is 7.32. The Labute approximate surface area is 165 Å². The lowest BCUT2D eigenvalue weighted by molar-refractivity contribution is 0.438. The molecule has 0 N–H and O–H groups in total. The van der Waals surface area contributed by atoms with Crippen LogP contribution in [0.25, 0.3) is 0 Å². The fourth-order valence-corrected chi connectivity index (χ4v) is 6.83. The zero-order chi connectivity index (χ0) is 19.7. The summed E-state index contributed by atoms with van der Waals surface area (Å²) in [6.07, 6.45) is 4.73. The number of hydrogen-bond acceptors (Lipinski definition) is 5. The molecule has 0 unspecified atom stereocenters. The zero-order valence-corrected chi connectivity index (χ0v) is 17.9. The summed E-state index contributed by atoms with van der Waals surface area (Å²) in [4.78, 5) is -0.0234. The van der Waals surface area contributed by atoms with Gasteiger partial charge in [0.05, 0.1) is 15.5 Å². The van der Waals surface area contributed by atoms with Gasteiger partial charge in [-0.3, -0.25) is 4.31 Å². The van der Waals surface area contributed by atoms with Gasteiger partial charge in [0.25, 0.3) is 10.0 Å². The minimum Gasteiger partial charge on any atom is -0.262 e. The highest BCUT2D eigenvalue weighted by molar-refractivity contribution is 7.93. The van der Waals surface area contributed by atoms with E-state index in [0.717, 1.165) is 36.4 Å². The summed E-state index contributed by atoms with van der Waals surface area (Å²) in [6.45, 7) is 0. The largest absolute Gasteiger partial charge is 0.264 e. The molecular weight excluding hydrogens is 404 g/mol. The third kappa shape index (κ3) is 4.06. The van der Waals surface area contributed by atoms with Gasteiger partial charge in [-0.2, -0.15) is 11.3 Å². The molecule has 1 aliphatic carbocycles. The van der Waals surface area contributed by atoms with Crippen LogP contribution in [0.3, 0.4) is 0 Å². The van der Waals surface area contributed by atoms with Gasteiger partial charge in [-0.1, -0.05) is 25.3 Å². The van der Waals surface area contributed by atoms with Gasteiger partial charge in [-0.25, -0.2) is 21.1 Å². The summed E-state index contributed by atoms with van der Waals surface area (Å²) in [5.41, 5.74) is 0.646. The molecule has 1 aliphatic rings. The van der Waals surface area contributed by atoms with E-state index in [2.05, 4.69) is 0 Å². The molecule has 6 nitrogen and oxygen atoms in total. The van der Waals surface area contributed by atoms with Gasteiger partial charge in [-0.05, 0) is 42.5 Å². The van der Waals surface area contributed by atoms with E-state index in [4.69, 9.17) is 0 Å². The maximum atomic E-state index is 13.5. The molecule has 0 radical (unpaired) electrons. The molecular formula is C18H24N2O4S3. The smallest absolute Gasteiger partial charge is 0.262 e. The van der Waals surface area contributed by atoms with Crippen molar-refractivity contribution in [1.82, 2.24) is 4.31 Å². The van der Waals surface area contributed by atoms with Crippen molar-refractivity contribution in [1.29, 1.82) is 0 Å². The van der Waals surface area contributed by atoms with Gasteiger partial charge in [0.1, 0.15) is 0 Å². The van der Waals surface area contributed by atoms with E-state index in [1.807, 2.05) is 10.8 Å². The minimum absolute atomic E-state index is 0.00204. The maximum absolute atomic E-state index is 13.5. The lowest BCUT2D eigenvalue weighted by Crippen LogP contribution is -2.41. The number of nitrogens with zero attached hydrogens (tertiary/aromatic N) is 2. The predicted octanol–water partition coefficient (Wildman–Crippen LogP) is 3.53. The monoisotopic (exact) mass is 428 g/mol. The van der Waals surface area contributed by atoms with E-state index < -0.39 is 20.0 Å². The van der Waals surface area contributed by atoms with E-state index in [-0.39, 0.29) is 15.8 Å². The van der Waals surface area contributed by atoms with Crippen molar-refractivity contribution in [3.63, 3.8) is 0 Å². The molecule has 0 bridgehead atoms. The lowest BCUT2D eigenvalue weighted by atomic mass is 9.95. The number of benzene rings is 1. The van der Waals surface area contributed by atoms with Gasteiger partial charge in [0.2, 0.25) is 10.0 Å². The topological polar surface area (TPSA) is 74.8 Å². The Morgan fingerprint density at radius 1 is 0.926 bits per heavy atom. The molecule has 1 aromatic heterocycles. The summed E-state index contributed by atoms with van der Waals surface area (Å²) < 4.78 is 54.4. The Bertz CT molecular complexity index is 977. The van der Waals surface area contributed by atoms with E-state index in [1.165, 1.54) is 54.0 Å². The molecule has 2 aromatic rings. The quantitative estimate of drug-likeness (QED) is 0.705. The SMILES string of the molecule is CN(C)S(=O)(=O)c1cccc(S(=O)(=O)N(c2ccsc2)C2CCCCC2)c1. The van der Waals surface area contributed by atoms with Crippen molar-refractivity contribution in [2.75, 3.05) is 18.4 Å². The Morgan fingerprint density at radius 2 is 1.56 bits per heavy atom. The average Bonchev–Trinajstić information content (AvgIpc) is 3.16. The van der Waals surface area contributed by atoms with E-state index in [0.29, 0.717) is 5.69 Å². The Balaban J connectivity index is 2.08. The summed E-state index contributed by atoms with van der Waals surface area (Å²) in [7, 11) is -4.73. The number of sulfonamides is 2. The summed E-state index contributed by atoms with van der Waals surface area (Å²) in [5, 5.41) is 3.68. The number of hydrogen-bond donors (Lipinski definition) is 0. The first-order chi connectivity index (χ1) is 12.7. The number of rotatable bonds is 6. The Hall–Kier alpha value is -1.42. The van der Waals surface area contributed by atoms with Crippen molar-refractivity contribution in [2.45, 2.75) is 47.9 Å². The molecule has 9 heteroatoms. The number of thiophene rings is 1. The van der Waals surface area contributed by atoms with Crippen LogP contribution in [0.5, 0.6) is 0 Å². The third-order valence-corrected chi connectivity index (χ3v) is 9.17. The van der Waals surface area contributed by atoms with Crippen molar-refractivity contribution in [2.24, 2.45) is 0 Å². The third-order valence-electron chi connectivity index (χ3n) is 4.81. The molecule has 27 heavy (non-hydrogen) atoms. The van der Waals surface area contributed by atoms with Crippen LogP contribution < -0.4 is 4.31 Å². The van der Waals surface area contributed by atoms with E-state index in [9.17, 15) is 16.8 Å². The molecule has 0 spiro atoms. The van der Waals surface area contributed by atoms with Crippen LogP contribution in [0.4, 0.5) is 5.69 Å². The molecule has 1 aromatic carbocycles. The average molecular weight is 429 g/mol. The lowest BCUT2D eigenvalue weighted by Gasteiger charge is -2.34. The Kier molecular flexibility index (Phi) is 5.95. The van der Waals surface area contributed by atoms with E-state index >= 15 is 0 Å². The van der Waals surface area contributed by atoms with Crippen LogP contribution in [0.1, 0.15) is 32.1 Å². The Morgan fingerprint density at radius 3 is 2.11 bits per heavy atom. The second-order valence-electron chi connectivity index (χ2n) is 6.84. The van der Waals surface area contributed by atoms with Crippen LogP contribution in [0, 0.1) is 0 Å². The van der Waals surface area contributed by atoms with Gasteiger partial charge in [0, 0.05) is 25.5 Å². The first-order valence-corrected chi connectivity index (χ1v) is 12.7. The van der Waals surface area contributed by atoms with Crippen molar-refractivity contribution >= 4 is 37.1 Å². The highest BCUT2D eigenvalue weighted by Gasteiger charge is 2.33. The highest BCUT2D eigenvalue weighted by Crippen LogP contribution is 2.34. The van der Waals surface area contributed by atoms with Crippen LogP contribution in [-0.2, 0) is 20.0 Å². The second kappa shape index (κ2) is 7.90. The van der Waals surface area contributed by atoms with Gasteiger partial charge in [0.15, 0.2) is 0 Å². The predicted molar refractivity (Wildman–Crippen MR) is 108 cm³/mol. The van der Waals surface area contributed by atoms with Crippen molar-refractivity contribution < 1.29 is 16.8 Å². The van der Waals surface area contributed by atoms with Gasteiger partial charge < -0.3 is 0 Å². The van der Waals surface area contributed by atoms with Gasteiger partial charge >= 0.3 is 0 Å². The van der Waals surface area contributed by atoms with E-state index in [1.54, 1.807) is 6.07 Å². The second-order valence-corrected chi connectivity index (χ2v) is 11.6. The fraction of sp³-hybridized carbons (Fsp3) is 0.444. The minimum atomic E-state index is -3.88. The van der Waals surface area contributed by atoms with Crippen molar-refractivity contribution in [3.05, 3.63) is 41.1 Å². The zero-order valence-electron chi connectivity index (χ0n) is 15.4. The van der Waals surface area contributed by atoms with Crippen LogP contribution >= 0.6 is 11.3 Å². The molecule has 1 saturated carbocycles. The molecule has 0 saturated heterocycles.